The molecule has 2 saturated heterocycles. The van der Waals surface area contributed by atoms with Crippen LogP contribution < -0.4 is 9.80 Å². The van der Waals surface area contributed by atoms with Gasteiger partial charge in [0.1, 0.15) is 0 Å². The molecule has 0 unspecified atom stereocenters. The average Bonchev–Trinajstić information content (AvgIpc) is 2.79. The number of benzene rings is 1. The van der Waals surface area contributed by atoms with Crippen LogP contribution in [0.15, 0.2) is 41.4 Å². The summed E-state index contributed by atoms with van der Waals surface area (Å²) >= 11 is 0.410. The molecular weight excluding hydrogens is 412 g/mol. The van der Waals surface area contributed by atoms with E-state index < -0.39 is 5.76 Å². The molecule has 0 bridgehead atoms. The Labute approximate surface area is 178 Å². The number of piperazine rings is 1. The largest absolute Gasteiger partial charge is 0.378 e. The third-order valence-corrected chi connectivity index (χ3v) is 6.02. The van der Waals surface area contributed by atoms with Crippen molar-refractivity contribution in [3.63, 3.8) is 0 Å². The summed E-state index contributed by atoms with van der Waals surface area (Å²) in [6.45, 7) is 5.25. The zero-order valence-electron chi connectivity index (χ0n) is 16.4. The van der Waals surface area contributed by atoms with Gasteiger partial charge in [-0.05, 0) is 12.1 Å². The van der Waals surface area contributed by atoms with Gasteiger partial charge in [-0.25, -0.2) is 0 Å². The molecule has 1 aromatic heterocycles. The highest BCUT2D eigenvalue weighted by molar-refractivity contribution is 7.99. The van der Waals surface area contributed by atoms with Gasteiger partial charge in [-0.2, -0.15) is 13.9 Å². The Hall–Kier alpha value is -2.46. The van der Waals surface area contributed by atoms with Gasteiger partial charge in [0, 0.05) is 50.2 Å². The van der Waals surface area contributed by atoms with Crippen molar-refractivity contribution in [1.29, 1.82) is 0 Å². The van der Waals surface area contributed by atoms with E-state index in [0.29, 0.717) is 61.6 Å². The van der Waals surface area contributed by atoms with Gasteiger partial charge in [0.25, 0.3) is 11.7 Å². The Bertz CT molecular complexity index is 874. The highest BCUT2D eigenvalue weighted by Gasteiger charge is 2.25. The number of aromatic nitrogens is 2. The monoisotopic (exact) mass is 435 g/mol. The molecule has 0 atom stereocenters. The number of alkyl halides is 2. The average molecular weight is 436 g/mol. The van der Waals surface area contributed by atoms with Crippen molar-refractivity contribution in [2.75, 3.05) is 62.3 Å². The summed E-state index contributed by atoms with van der Waals surface area (Å²) in [6, 6.07) is 8.57. The molecule has 0 N–H and O–H groups in total. The zero-order valence-corrected chi connectivity index (χ0v) is 17.2. The lowest BCUT2D eigenvalue weighted by atomic mass is 10.1. The maximum atomic E-state index is 12.9. The van der Waals surface area contributed by atoms with Crippen molar-refractivity contribution in [2.45, 2.75) is 10.7 Å². The molecule has 2 aliphatic heterocycles. The standard InChI is InChI=1S/C20H23F2N5O2S/c21-20(22)30-17-4-2-1-3-16(17)19(28)27-7-5-25(6-8-27)15-13-18(24-23-14-15)26-9-11-29-12-10-26/h1-4,13-14,20H,5-12H2. The van der Waals surface area contributed by atoms with Crippen LogP contribution in [0.2, 0.25) is 0 Å². The first-order chi connectivity index (χ1) is 14.6. The van der Waals surface area contributed by atoms with E-state index in [1.165, 1.54) is 0 Å². The van der Waals surface area contributed by atoms with E-state index in [0.717, 1.165) is 24.6 Å². The second-order valence-electron chi connectivity index (χ2n) is 7.03. The van der Waals surface area contributed by atoms with Crippen LogP contribution in [0.3, 0.4) is 0 Å². The summed E-state index contributed by atoms with van der Waals surface area (Å²) in [5, 5.41) is 8.39. The molecular formula is C20H23F2N5O2S. The summed E-state index contributed by atoms with van der Waals surface area (Å²) in [7, 11) is 0. The first-order valence-corrected chi connectivity index (χ1v) is 10.7. The smallest absolute Gasteiger partial charge is 0.288 e. The molecule has 2 aromatic rings. The zero-order chi connectivity index (χ0) is 20.9. The summed E-state index contributed by atoms with van der Waals surface area (Å²) in [6.07, 6.45) is 1.73. The van der Waals surface area contributed by atoms with Gasteiger partial charge in [0.05, 0.1) is 30.7 Å². The van der Waals surface area contributed by atoms with Crippen LogP contribution in [0, 0.1) is 0 Å². The molecule has 3 heterocycles. The highest BCUT2D eigenvalue weighted by atomic mass is 32.2. The summed E-state index contributed by atoms with van der Waals surface area (Å²) < 4.78 is 31.0. The molecule has 30 heavy (non-hydrogen) atoms. The van der Waals surface area contributed by atoms with E-state index in [2.05, 4.69) is 20.0 Å². The van der Waals surface area contributed by atoms with Crippen LogP contribution in [-0.2, 0) is 4.74 Å². The number of hydrogen-bond donors (Lipinski definition) is 0. The van der Waals surface area contributed by atoms with Gasteiger partial charge in [-0.15, -0.1) is 5.10 Å². The minimum absolute atomic E-state index is 0.208. The fourth-order valence-corrected chi connectivity index (χ4v) is 4.28. The lowest BCUT2D eigenvalue weighted by Crippen LogP contribution is -2.49. The molecule has 1 amide bonds. The third-order valence-electron chi connectivity index (χ3n) is 5.23. The minimum Gasteiger partial charge on any atom is -0.378 e. The number of rotatable bonds is 5. The lowest BCUT2D eigenvalue weighted by Gasteiger charge is -2.36. The molecule has 10 heteroatoms. The Morgan fingerprint density at radius 2 is 1.77 bits per heavy atom. The number of nitrogens with zero attached hydrogens (tertiary/aromatic N) is 5. The number of ether oxygens (including phenoxy) is 1. The van der Waals surface area contributed by atoms with E-state index in [9.17, 15) is 13.6 Å². The van der Waals surface area contributed by atoms with Crippen LogP contribution in [0.1, 0.15) is 10.4 Å². The second kappa shape index (κ2) is 9.57. The van der Waals surface area contributed by atoms with Gasteiger partial charge >= 0.3 is 0 Å². The fourth-order valence-electron chi connectivity index (χ4n) is 3.65. The normalized spacial score (nSPS) is 17.5. The number of thioether (sulfide) groups is 1. The number of amides is 1. The van der Waals surface area contributed by atoms with Crippen LogP contribution in [0.25, 0.3) is 0 Å². The van der Waals surface area contributed by atoms with Crippen molar-refractivity contribution in [3.8, 4) is 0 Å². The topological polar surface area (TPSA) is 61.8 Å². The van der Waals surface area contributed by atoms with Gasteiger partial charge < -0.3 is 19.4 Å². The fraction of sp³-hybridized carbons (Fsp3) is 0.450. The Balaban J connectivity index is 1.40. The van der Waals surface area contributed by atoms with Gasteiger partial charge in [0.2, 0.25) is 0 Å². The predicted molar refractivity (Wildman–Crippen MR) is 111 cm³/mol. The number of morpholine rings is 1. The molecule has 0 radical (unpaired) electrons. The number of carbonyl (C=O) groups is 1. The SMILES string of the molecule is O=C(c1ccccc1SC(F)F)N1CCN(c2cnnc(N3CCOCC3)c2)CC1. The summed E-state index contributed by atoms with van der Waals surface area (Å²) in [5.41, 5.74) is 1.30. The van der Waals surface area contributed by atoms with E-state index in [4.69, 9.17) is 4.74 Å². The Morgan fingerprint density at radius 1 is 1.03 bits per heavy atom. The van der Waals surface area contributed by atoms with Crippen molar-refractivity contribution in [1.82, 2.24) is 15.1 Å². The van der Waals surface area contributed by atoms with Gasteiger partial charge in [-0.3, -0.25) is 4.79 Å². The Morgan fingerprint density at radius 3 is 2.50 bits per heavy atom. The molecule has 160 valence electrons. The van der Waals surface area contributed by atoms with E-state index in [1.54, 1.807) is 35.4 Å². The molecule has 0 spiro atoms. The maximum absolute atomic E-state index is 12.9. The van der Waals surface area contributed by atoms with E-state index in [-0.39, 0.29) is 5.91 Å². The highest BCUT2D eigenvalue weighted by Crippen LogP contribution is 2.29. The number of anilines is 2. The molecule has 0 aliphatic carbocycles. The lowest BCUT2D eigenvalue weighted by molar-refractivity contribution is 0.0743. The van der Waals surface area contributed by atoms with Crippen LogP contribution in [0.5, 0.6) is 0 Å². The molecule has 2 aliphatic rings. The number of carbonyl (C=O) groups excluding carboxylic acids is 1. The third kappa shape index (κ3) is 4.81. The van der Waals surface area contributed by atoms with Gasteiger partial charge in [0.15, 0.2) is 5.82 Å². The second-order valence-corrected chi connectivity index (χ2v) is 8.06. The van der Waals surface area contributed by atoms with Crippen molar-refractivity contribution >= 4 is 29.2 Å². The van der Waals surface area contributed by atoms with Crippen LogP contribution in [0.4, 0.5) is 20.3 Å². The van der Waals surface area contributed by atoms with Crippen LogP contribution >= 0.6 is 11.8 Å². The summed E-state index contributed by atoms with van der Waals surface area (Å²) in [5.74, 6) is -1.94. The Kier molecular flexibility index (Phi) is 6.63. The number of hydrogen-bond acceptors (Lipinski definition) is 7. The molecule has 4 rings (SSSR count). The first-order valence-electron chi connectivity index (χ1n) is 9.85. The van der Waals surface area contributed by atoms with Crippen molar-refractivity contribution < 1.29 is 18.3 Å². The maximum Gasteiger partial charge on any atom is 0.288 e. The van der Waals surface area contributed by atoms with Crippen molar-refractivity contribution in [2.24, 2.45) is 0 Å². The molecule has 2 fully saturated rings. The first kappa shape index (κ1) is 20.8. The number of halogens is 2. The predicted octanol–water partition coefficient (Wildman–Crippen LogP) is 2.59. The minimum atomic E-state index is -2.56. The van der Waals surface area contributed by atoms with Gasteiger partial charge in [-0.1, -0.05) is 23.9 Å². The van der Waals surface area contributed by atoms with E-state index in [1.807, 2.05) is 6.07 Å². The molecule has 7 nitrogen and oxygen atoms in total. The quantitative estimate of drug-likeness (QED) is 0.669. The van der Waals surface area contributed by atoms with Crippen LogP contribution in [-0.4, -0.2) is 79.2 Å². The van der Waals surface area contributed by atoms with Crippen molar-refractivity contribution in [3.05, 3.63) is 42.1 Å². The molecule has 0 saturated carbocycles. The molecule has 1 aromatic carbocycles. The summed E-state index contributed by atoms with van der Waals surface area (Å²) in [4.78, 5) is 19.3. The van der Waals surface area contributed by atoms with E-state index >= 15 is 0 Å².